The second kappa shape index (κ2) is 5.55. The molecular formula is C15H18N2O2. The third-order valence-corrected chi connectivity index (χ3v) is 3.20. The van der Waals surface area contributed by atoms with Crippen molar-refractivity contribution in [3.8, 4) is 5.88 Å². The number of benzene rings is 1. The summed E-state index contributed by atoms with van der Waals surface area (Å²) < 4.78 is 11.1. The van der Waals surface area contributed by atoms with Crippen molar-refractivity contribution in [3.05, 3.63) is 36.0 Å². The quantitative estimate of drug-likeness (QED) is 0.892. The molecule has 19 heavy (non-hydrogen) atoms. The van der Waals surface area contributed by atoms with E-state index in [0.29, 0.717) is 13.2 Å². The Morgan fingerprint density at radius 3 is 2.95 bits per heavy atom. The van der Waals surface area contributed by atoms with E-state index < -0.39 is 0 Å². The summed E-state index contributed by atoms with van der Waals surface area (Å²) in [7, 11) is 0. The molecule has 100 valence electrons. The lowest BCUT2D eigenvalue weighted by Gasteiger charge is -2.26. The molecule has 1 aromatic carbocycles. The zero-order valence-corrected chi connectivity index (χ0v) is 11.1. The first kappa shape index (κ1) is 12.4. The summed E-state index contributed by atoms with van der Waals surface area (Å²) in [6.07, 6.45) is 0.144. The van der Waals surface area contributed by atoms with Gasteiger partial charge in [-0.2, -0.15) is 0 Å². The van der Waals surface area contributed by atoms with Crippen LogP contribution in [-0.4, -0.2) is 30.8 Å². The topological polar surface area (TPSA) is 43.4 Å². The Bertz CT molecular complexity index is 567. The maximum absolute atomic E-state index is 5.92. The van der Waals surface area contributed by atoms with Crippen molar-refractivity contribution in [2.24, 2.45) is 0 Å². The maximum atomic E-state index is 5.92. The van der Waals surface area contributed by atoms with E-state index in [0.717, 1.165) is 30.0 Å². The van der Waals surface area contributed by atoms with Gasteiger partial charge in [0.1, 0.15) is 6.10 Å². The highest BCUT2D eigenvalue weighted by atomic mass is 16.6. The van der Waals surface area contributed by atoms with Crippen molar-refractivity contribution in [1.29, 1.82) is 0 Å². The number of nitrogens with one attached hydrogen (secondary N) is 1. The Balaban J connectivity index is 1.95. The average molecular weight is 258 g/mol. The Morgan fingerprint density at radius 1 is 1.37 bits per heavy atom. The minimum absolute atomic E-state index is 0.144. The molecule has 0 saturated carbocycles. The van der Waals surface area contributed by atoms with Crippen LogP contribution in [-0.2, 0) is 11.3 Å². The summed E-state index contributed by atoms with van der Waals surface area (Å²) >= 11 is 0. The predicted molar refractivity (Wildman–Crippen MR) is 74.4 cm³/mol. The molecule has 0 spiro atoms. The monoisotopic (exact) mass is 258 g/mol. The first-order valence-corrected chi connectivity index (χ1v) is 6.70. The molecule has 1 N–H and O–H groups in total. The zero-order chi connectivity index (χ0) is 13.1. The number of hydrogen-bond donors (Lipinski definition) is 1. The fraction of sp³-hybridized carbons (Fsp3) is 0.400. The normalized spacial score (nSPS) is 15.4. The Kier molecular flexibility index (Phi) is 3.62. The predicted octanol–water partition coefficient (Wildman–Crippen LogP) is 2.12. The summed E-state index contributed by atoms with van der Waals surface area (Å²) in [5.74, 6) is 0.722. The van der Waals surface area contributed by atoms with Crippen LogP contribution in [0.15, 0.2) is 30.3 Å². The van der Waals surface area contributed by atoms with Crippen LogP contribution in [0.5, 0.6) is 5.88 Å². The van der Waals surface area contributed by atoms with Crippen LogP contribution in [0.2, 0.25) is 0 Å². The van der Waals surface area contributed by atoms with E-state index in [4.69, 9.17) is 9.47 Å². The third-order valence-electron chi connectivity index (χ3n) is 3.20. The Hall–Kier alpha value is -1.65. The molecule has 4 nitrogen and oxygen atoms in total. The van der Waals surface area contributed by atoms with Gasteiger partial charge in [-0.05, 0) is 24.1 Å². The molecular weight excluding hydrogens is 240 g/mol. The SMILES string of the molecule is CCNCc1cc2ccccc2c(OC2COC2)n1. The lowest BCUT2D eigenvalue weighted by molar-refractivity contribution is -0.0807. The van der Waals surface area contributed by atoms with Crippen molar-refractivity contribution in [1.82, 2.24) is 10.3 Å². The molecule has 1 aromatic heterocycles. The zero-order valence-electron chi connectivity index (χ0n) is 11.1. The van der Waals surface area contributed by atoms with Crippen molar-refractivity contribution in [3.63, 3.8) is 0 Å². The Morgan fingerprint density at radius 2 is 2.21 bits per heavy atom. The lowest BCUT2D eigenvalue weighted by Crippen LogP contribution is -2.38. The maximum Gasteiger partial charge on any atom is 0.222 e. The summed E-state index contributed by atoms with van der Waals surface area (Å²) in [5.41, 5.74) is 1.01. The van der Waals surface area contributed by atoms with Gasteiger partial charge in [-0.25, -0.2) is 4.98 Å². The average Bonchev–Trinajstić information content (AvgIpc) is 2.40. The van der Waals surface area contributed by atoms with E-state index in [2.05, 4.69) is 29.4 Å². The van der Waals surface area contributed by atoms with Crippen molar-refractivity contribution in [2.45, 2.75) is 19.6 Å². The van der Waals surface area contributed by atoms with E-state index in [1.807, 2.05) is 18.2 Å². The van der Waals surface area contributed by atoms with Crippen LogP contribution < -0.4 is 10.1 Å². The van der Waals surface area contributed by atoms with Crippen molar-refractivity contribution in [2.75, 3.05) is 19.8 Å². The van der Waals surface area contributed by atoms with Gasteiger partial charge in [0.05, 0.1) is 18.9 Å². The van der Waals surface area contributed by atoms with Gasteiger partial charge in [0, 0.05) is 11.9 Å². The summed E-state index contributed by atoms with van der Waals surface area (Å²) in [4.78, 5) is 4.62. The van der Waals surface area contributed by atoms with E-state index in [1.54, 1.807) is 0 Å². The summed E-state index contributed by atoms with van der Waals surface area (Å²) in [5, 5.41) is 5.53. The van der Waals surface area contributed by atoms with Gasteiger partial charge in [0.2, 0.25) is 5.88 Å². The molecule has 0 radical (unpaired) electrons. The van der Waals surface area contributed by atoms with Gasteiger partial charge >= 0.3 is 0 Å². The van der Waals surface area contributed by atoms with E-state index in [9.17, 15) is 0 Å². The van der Waals surface area contributed by atoms with E-state index in [-0.39, 0.29) is 6.10 Å². The highest BCUT2D eigenvalue weighted by molar-refractivity contribution is 5.87. The molecule has 0 amide bonds. The van der Waals surface area contributed by atoms with Gasteiger partial charge in [0.15, 0.2) is 0 Å². The number of fused-ring (bicyclic) bond motifs is 1. The second-order valence-electron chi connectivity index (χ2n) is 4.70. The number of rotatable bonds is 5. The standard InChI is InChI=1S/C15H18N2O2/c1-2-16-8-12-7-11-5-3-4-6-14(11)15(17-12)19-13-9-18-10-13/h3-7,13,16H,2,8-10H2,1H3. The number of pyridine rings is 1. The third kappa shape index (κ3) is 2.69. The summed E-state index contributed by atoms with van der Waals surface area (Å²) in [6.45, 7) is 5.10. The highest BCUT2D eigenvalue weighted by Gasteiger charge is 2.21. The largest absolute Gasteiger partial charge is 0.469 e. The molecule has 0 aliphatic carbocycles. The molecule has 0 bridgehead atoms. The first-order chi connectivity index (χ1) is 9.36. The minimum atomic E-state index is 0.144. The van der Waals surface area contributed by atoms with Crippen molar-refractivity contribution >= 4 is 10.8 Å². The molecule has 1 aliphatic rings. The molecule has 0 unspecified atom stereocenters. The second-order valence-corrected chi connectivity index (χ2v) is 4.70. The molecule has 3 rings (SSSR count). The molecule has 1 saturated heterocycles. The summed E-state index contributed by atoms with van der Waals surface area (Å²) in [6, 6.07) is 10.3. The molecule has 1 aliphatic heterocycles. The smallest absolute Gasteiger partial charge is 0.222 e. The number of aromatic nitrogens is 1. The lowest BCUT2D eigenvalue weighted by atomic mass is 10.1. The van der Waals surface area contributed by atoms with Crippen LogP contribution in [0.25, 0.3) is 10.8 Å². The highest BCUT2D eigenvalue weighted by Crippen LogP contribution is 2.26. The van der Waals surface area contributed by atoms with Gasteiger partial charge in [-0.1, -0.05) is 25.1 Å². The van der Waals surface area contributed by atoms with Crippen molar-refractivity contribution < 1.29 is 9.47 Å². The number of hydrogen-bond acceptors (Lipinski definition) is 4. The van der Waals surface area contributed by atoms with Gasteiger partial charge in [-0.3, -0.25) is 0 Å². The van der Waals surface area contributed by atoms with Crippen LogP contribution in [0, 0.1) is 0 Å². The van der Waals surface area contributed by atoms with Crippen LogP contribution in [0.4, 0.5) is 0 Å². The molecule has 1 fully saturated rings. The van der Waals surface area contributed by atoms with Crippen LogP contribution in [0.1, 0.15) is 12.6 Å². The number of nitrogens with zero attached hydrogens (tertiary/aromatic N) is 1. The first-order valence-electron chi connectivity index (χ1n) is 6.70. The van der Waals surface area contributed by atoms with Gasteiger partial charge < -0.3 is 14.8 Å². The number of ether oxygens (including phenoxy) is 2. The van der Waals surface area contributed by atoms with E-state index in [1.165, 1.54) is 5.39 Å². The minimum Gasteiger partial charge on any atom is -0.469 e. The van der Waals surface area contributed by atoms with Crippen LogP contribution in [0.3, 0.4) is 0 Å². The Labute approximate surface area is 112 Å². The van der Waals surface area contributed by atoms with E-state index >= 15 is 0 Å². The van der Waals surface area contributed by atoms with Gasteiger partial charge in [-0.15, -0.1) is 0 Å². The molecule has 0 atom stereocenters. The van der Waals surface area contributed by atoms with Crippen LogP contribution >= 0.6 is 0 Å². The fourth-order valence-corrected chi connectivity index (χ4v) is 2.09. The fourth-order valence-electron chi connectivity index (χ4n) is 2.09. The molecule has 4 heteroatoms. The van der Waals surface area contributed by atoms with Gasteiger partial charge in [0.25, 0.3) is 0 Å². The molecule has 2 aromatic rings. The molecule has 2 heterocycles.